The largest absolute Gasteiger partial charge is 0.314 e. The third-order valence-electron chi connectivity index (χ3n) is 4.83. The summed E-state index contributed by atoms with van der Waals surface area (Å²) in [4.78, 5) is 0. The first-order chi connectivity index (χ1) is 12.5. The third-order valence-corrected chi connectivity index (χ3v) is 6.14. The summed E-state index contributed by atoms with van der Waals surface area (Å²) in [7, 11) is -3.19. The molecule has 1 atom stereocenters. The average Bonchev–Trinajstić information content (AvgIpc) is 2.64. The van der Waals surface area contributed by atoms with Gasteiger partial charge in [-0.2, -0.15) is 0 Å². The molecule has 2 N–H and O–H groups in total. The molecule has 1 aromatic carbocycles. The van der Waals surface area contributed by atoms with Crippen LogP contribution in [0.2, 0.25) is 0 Å². The van der Waals surface area contributed by atoms with Crippen molar-refractivity contribution in [1.82, 2.24) is 5.32 Å². The maximum Gasteiger partial charge on any atom is 0.232 e. The van der Waals surface area contributed by atoms with Crippen LogP contribution in [0.25, 0.3) is 0 Å². The highest BCUT2D eigenvalue weighted by Gasteiger charge is 2.07. The fraction of sp³-hybridized carbons (Fsp3) is 0.714. The van der Waals surface area contributed by atoms with Gasteiger partial charge in [-0.1, -0.05) is 51.7 Å². The van der Waals surface area contributed by atoms with Crippen molar-refractivity contribution in [3.63, 3.8) is 0 Å². The Balaban J connectivity index is 2.20. The molecule has 0 aliphatic rings. The molecule has 26 heavy (non-hydrogen) atoms. The minimum atomic E-state index is -3.19. The Kier molecular flexibility index (Phi) is 11.6. The summed E-state index contributed by atoms with van der Waals surface area (Å²) in [5, 5.41) is 3.70. The molecule has 0 heterocycles. The first-order valence-electron chi connectivity index (χ1n) is 10.3. The van der Waals surface area contributed by atoms with Crippen LogP contribution < -0.4 is 10.0 Å². The van der Waals surface area contributed by atoms with Crippen molar-refractivity contribution in [2.75, 3.05) is 17.0 Å². The minimum absolute atomic E-state index is 0.0963. The summed E-state index contributed by atoms with van der Waals surface area (Å²) in [5.41, 5.74) is 1.90. The van der Waals surface area contributed by atoms with E-state index in [1.807, 2.05) is 24.3 Å². The van der Waals surface area contributed by atoms with E-state index in [2.05, 4.69) is 23.9 Å². The number of rotatable bonds is 15. The Hall–Kier alpha value is -1.07. The van der Waals surface area contributed by atoms with E-state index in [1.54, 1.807) is 6.92 Å². The number of sulfonamides is 1. The van der Waals surface area contributed by atoms with Gasteiger partial charge in [-0.25, -0.2) is 8.42 Å². The lowest BCUT2D eigenvalue weighted by Crippen LogP contribution is -2.29. The summed E-state index contributed by atoms with van der Waals surface area (Å²) in [6.45, 7) is 7.25. The summed E-state index contributed by atoms with van der Waals surface area (Å²) in [5.74, 6) is 0.0963. The Bertz CT molecular complexity index is 570. The molecule has 1 rings (SSSR count). The molecule has 0 fully saturated rings. The van der Waals surface area contributed by atoms with Crippen molar-refractivity contribution in [3.05, 3.63) is 29.8 Å². The zero-order chi connectivity index (χ0) is 19.3. The van der Waals surface area contributed by atoms with Crippen molar-refractivity contribution in [2.45, 2.75) is 84.6 Å². The third kappa shape index (κ3) is 10.2. The molecule has 150 valence electrons. The molecular formula is C21H38N2O2S. The first-order valence-corrected chi connectivity index (χ1v) is 12.0. The van der Waals surface area contributed by atoms with Gasteiger partial charge in [0.2, 0.25) is 10.0 Å². The number of hydrogen-bond acceptors (Lipinski definition) is 3. The van der Waals surface area contributed by atoms with Crippen LogP contribution in [0.1, 0.15) is 77.7 Å². The van der Waals surface area contributed by atoms with Crippen molar-refractivity contribution >= 4 is 15.7 Å². The van der Waals surface area contributed by atoms with Crippen LogP contribution in [-0.2, 0) is 16.4 Å². The number of unbranched alkanes of at least 4 members (excludes halogenated alkanes) is 4. The molecule has 0 aliphatic heterocycles. The van der Waals surface area contributed by atoms with E-state index in [1.165, 1.54) is 50.5 Å². The second-order valence-corrected chi connectivity index (χ2v) is 9.08. The Morgan fingerprint density at radius 1 is 0.923 bits per heavy atom. The molecule has 1 unspecified atom stereocenters. The van der Waals surface area contributed by atoms with Gasteiger partial charge in [0.1, 0.15) is 0 Å². The molecule has 1 aromatic rings. The summed E-state index contributed by atoms with van der Waals surface area (Å²) >= 11 is 0. The normalized spacial score (nSPS) is 12.9. The Morgan fingerprint density at radius 3 is 2.27 bits per heavy atom. The Labute approximate surface area is 161 Å². The molecule has 0 saturated heterocycles. The molecule has 0 spiro atoms. The molecule has 0 aliphatic carbocycles. The molecule has 0 amide bonds. The highest BCUT2D eigenvalue weighted by atomic mass is 32.2. The second-order valence-electron chi connectivity index (χ2n) is 7.07. The highest BCUT2D eigenvalue weighted by Crippen LogP contribution is 2.13. The van der Waals surface area contributed by atoms with E-state index in [0.717, 1.165) is 19.4 Å². The van der Waals surface area contributed by atoms with E-state index < -0.39 is 10.0 Å². The molecule has 0 bridgehead atoms. The number of nitrogens with one attached hydrogen (secondary N) is 2. The monoisotopic (exact) mass is 382 g/mol. The van der Waals surface area contributed by atoms with E-state index in [4.69, 9.17) is 0 Å². The van der Waals surface area contributed by atoms with E-state index >= 15 is 0 Å². The van der Waals surface area contributed by atoms with Crippen molar-refractivity contribution in [1.29, 1.82) is 0 Å². The highest BCUT2D eigenvalue weighted by molar-refractivity contribution is 7.92. The molecule has 0 saturated carbocycles. The molecule has 0 aromatic heterocycles. The maximum atomic E-state index is 11.6. The summed E-state index contributed by atoms with van der Waals surface area (Å²) < 4.78 is 25.7. The zero-order valence-corrected chi connectivity index (χ0v) is 17.7. The molecular weight excluding hydrogens is 344 g/mol. The van der Waals surface area contributed by atoms with Gasteiger partial charge in [0.25, 0.3) is 0 Å². The molecule has 5 heteroatoms. The molecule has 0 radical (unpaired) electrons. The number of anilines is 1. The van der Waals surface area contributed by atoms with Crippen molar-refractivity contribution in [2.24, 2.45) is 0 Å². The standard InChI is InChI=1S/C21H38N2O2S/c1-4-7-8-9-13-20(5-2)22-18-11-10-12-19-14-16-21(17-15-19)23-26(24,25)6-3/h14-17,20,22-23H,4-13,18H2,1-3H3. The smallest absolute Gasteiger partial charge is 0.232 e. The zero-order valence-electron chi connectivity index (χ0n) is 16.9. The average molecular weight is 383 g/mol. The lowest BCUT2D eigenvalue weighted by Gasteiger charge is -2.16. The quantitative estimate of drug-likeness (QED) is 0.414. The second kappa shape index (κ2) is 13.2. The topological polar surface area (TPSA) is 58.2 Å². The van der Waals surface area contributed by atoms with E-state index in [0.29, 0.717) is 11.7 Å². The summed E-state index contributed by atoms with van der Waals surface area (Å²) in [6.07, 6.45) is 11.2. The maximum absolute atomic E-state index is 11.6. The van der Waals surface area contributed by atoms with Crippen LogP contribution in [0.3, 0.4) is 0 Å². The number of aryl methyl sites for hydroxylation is 1. The molecule has 4 nitrogen and oxygen atoms in total. The van der Waals surface area contributed by atoms with Crippen LogP contribution >= 0.6 is 0 Å². The van der Waals surface area contributed by atoms with Crippen LogP contribution in [0, 0.1) is 0 Å². The summed E-state index contributed by atoms with van der Waals surface area (Å²) in [6, 6.07) is 8.40. The lowest BCUT2D eigenvalue weighted by molar-refractivity contribution is 0.438. The first kappa shape index (κ1) is 23.0. The van der Waals surface area contributed by atoms with Gasteiger partial charge in [-0.05, 0) is 63.3 Å². The van der Waals surface area contributed by atoms with Crippen LogP contribution in [0.15, 0.2) is 24.3 Å². The lowest BCUT2D eigenvalue weighted by atomic mass is 10.0. The van der Waals surface area contributed by atoms with Crippen LogP contribution in [-0.4, -0.2) is 26.8 Å². The van der Waals surface area contributed by atoms with Gasteiger partial charge in [-0.3, -0.25) is 4.72 Å². The van der Waals surface area contributed by atoms with Gasteiger partial charge < -0.3 is 5.32 Å². The van der Waals surface area contributed by atoms with Gasteiger partial charge >= 0.3 is 0 Å². The van der Waals surface area contributed by atoms with E-state index in [9.17, 15) is 8.42 Å². The van der Waals surface area contributed by atoms with E-state index in [-0.39, 0.29) is 5.75 Å². The van der Waals surface area contributed by atoms with Gasteiger partial charge in [0, 0.05) is 11.7 Å². The Morgan fingerprint density at radius 2 is 1.65 bits per heavy atom. The minimum Gasteiger partial charge on any atom is -0.314 e. The van der Waals surface area contributed by atoms with Crippen molar-refractivity contribution in [3.8, 4) is 0 Å². The van der Waals surface area contributed by atoms with Crippen LogP contribution in [0.5, 0.6) is 0 Å². The van der Waals surface area contributed by atoms with Crippen LogP contribution in [0.4, 0.5) is 5.69 Å². The predicted molar refractivity (Wildman–Crippen MR) is 113 cm³/mol. The fourth-order valence-electron chi connectivity index (χ4n) is 3.02. The number of hydrogen-bond donors (Lipinski definition) is 2. The number of benzene rings is 1. The van der Waals surface area contributed by atoms with Gasteiger partial charge in [0.05, 0.1) is 5.75 Å². The fourth-order valence-corrected chi connectivity index (χ4v) is 3.66. The van der Waals surface area contributed by atoms with Gasteiger partial charge in [-0.15, -0.1) is 0 Å². The van der Waals surface area contributed by atoms with Crippen molar-refractivity contribution < 1.29 is 8.42 Å². The SMILES string of the molecule is CCCCCCC(CC)NCCCCc1ccc(NS(=O)(=O)CC)cc1. The predicted octanol–water partition coefficient (Wildman–Crippen LogP) is 5.11. The van der Waals surface area contributed by atoms with Gasteiger partial charge in [0.15, 0.2) is 0 Å².